The molecule has 2 heterocycles. The van der Waals surface area contributed by atoms with Gasteiger partial charge in [-0.25, -0.2) is 4.79 Å². The summed E-state index contributed by atoms with van der Waals surface area (Å²) < 4.78 is 5.36. The number of rotatable bonds is 10. The van der Waals surface area contributed by atoms with Crippen LogP contribution in [0.25, 0.3) is 0 Å². The van der Waals surface area contributed by atoms with Crippen LogP contribution < -0.4 is 21.7 Å². The average molecular weight is 457 g/mol. The van der Waals surface area contributed by atoms with Gasteiger partial charge in [-0.2, -0.15) is 0 Å². The Balaban J connectivity index is 2.17. The maximum absolute atomic E-state index is 12.7. The fourth-order valence-corrected chi connectivity index (χ4v) is 4.29. The second-order valence-electron chi connectivity index (χ2n) is 9.22. The molecular formula is C27H44N4O2. The molecule has 1 fully saturated rings. The Kier molecular flexibility index (Phi) is 10.8. The molecule has 5 N–H and O–H groups in total. The van der Waals surface area contributed by atoms with Crippen molar-refractivity contribution < 1.29 is 9.53 Å². The van der Waals surface area contributed by atoms with Crippen LogP contribution in [0.15, 0.2) is 57.7 Å². The highest BCUT2D eigenvalue weighted by atomic mass is 16.5. The quantitative estimate of drug-likeness (QED) is 0.365. The van der Waals surface area contributed by atoms with Crippen molar-refractivity contribution in [3.8, 4) is 0 Å². The van der Waals surface area contributed by atoms with E-state index in [4.69, 9.17) is 10.5 Å². The van der Waals surface area contributed by atoms with Crippen molar-refractivity contribution in [2.24, 2.45) is 17.6 Å². The standard InChI is InChI=1S/C27H44N4O2/c1-7-33-27(32)24-17-23(10-8-9-18(2)19(3)11-12-25(28)29-6)31-26(21(24)5)20(4)22-13-15-30-16-14-22/h10,12,17-19,29-31H,7-9,11,13-16,28H2,1-6H3/b23-10-,25-12+/t18-,19?/m1/s1. The first kappa shape index (κ1) is 26.8. The number of hydrogen-bond donors (Lipinski definition) is 4. The molecule has 6 heteroatoms. The lowest BCUT2D eigenvalue weighted by atomic mass is 9.88. The summed E-state index contributed by atoms with van der Waals surface area (Å²) in [6.45, 7) is 13.0. The van der Waals surface area contributed by atoms with Crippen LogP contribution in [-0.2, 0) is 9.53 Å². The van der Waals surface area contributed by atoms with Gasteiger partial charge in [-0.1, -0.05) is 25.5 Å². The minimum Gasteiger partial charge on any atom is -0.462 e. The van der Waals surface area contributed by atoms with Gasteiger partial charge in [-0.15, -0.1) is 0 Å². The maximum Gasteiger partial charge on any atom is 0.338 e. The van der Waals surface area contributed by atoms with E-state index in [-0.39, 0.29) is 5.97 Å². The molecule has 6 nitrogen and oxygen atoms in total. The molecule has 1 unspecified atom stereocenters. The molecule has 1 saturated heterocycles. The van der Waals surface area contributed by atoms with Crippen LogP contribution in [0.1, 0.15) is 66.7 Å². The summed E-state index contributed by atoms with van der Waals surface area (Å²) in [4.78, 5) is 12.7. The number of esters is 1. The number of dihydropyridines is 1. The number of nitrogens with two attached hydrogens (primary N) is 1. The third-order valence-electron chi connectivity index (χ3n) is 6.91. The predicted molar refractivity (Wildman–Crippen MR) is 137 cm³/mol. The van der Waals surface area contributed by atoms with Gasteiger partial charge in [0.15, 0.2) is 0 Å². The van der Waals surface area contributed by atoms with Crippen LogP contribution in [0.2, 0.25) is 0 Å². The first-order valence-corrected chi connectivity index (χ1v) is 12.4. The Morgan fingerprint density at radius 3 is 2.61 bits per heavy atom. The van der Waals surface area contributed by atoms with Crippen LogP contribution in [0, 0.1) is 11.8 Å². The van der Waals surface area contributed by atoms with Crippen molar-refractivity contribution in [2.45, 2.75) is 66.7 Å². The van der Waals surface area contributed by atoms with Crippen LogP contribution in [-0.4, -0.2) is 32.7 Å². The monoisotopic (exact) mass is 456 g/mol. The normalized spacial score (nSPS) is 20.2. The van der Waals surface area contributed by atoms with Crippen LogP contribution in [0.4, 0.5) is 0 Å². The molecular weight excluding hydrogens is 412 g/mol. The lowest BCUT2D eigenvalue weighted by molar-refractivity contribution is -0.138. The summed E-state index contributed by atoms with van der Waals surface area (Å²) in [7, 11) is 1.84. The predicted octanol–water partition coefficient (Wildman–Crippen LogP) is 4.40. The minimum atomic E-state index is -0.251. The number of hydrogen-bond acceptors (Lipinski definition) is 6. The van der Waals surface area contributed by atoms with Gasteiger partial charge in [0, 0.05) is 18.4 Å². The van der Waals surface area contributed by atoms with E-state index in [0.717, 1.165) is 68.0 Å². The molecule has 0 aromatic rings. The molecule has 2 rings (SSSR count). The van der Waals surface area contributed by atoms with E-state index in [1.807, 2.05) is 27.0 Å². The van der Waals surface area contributed by atoms with Crippen molar-refractivity contribution in [1.29, 1.82) is 0 Å². The Labute approximate surface area is 200 Å². The van der Waals surface area contributed by atoms with E-state index in [2.05, 4.69) is 48.9 Å². The van der Waals surface area contributed by atoms with Gasteiger partial charge < -0.3 is 26.4 Å². The molecule has 2 atom stereocenters. The van der Waals surface area contributed by atoms with Gasteiger partial charge >= 0.3 is 5.97 Å². The number of carbonyl (C=O) groups is 1. The van der Waals surface area contributed by atoms with Crippen molar-refractivity contribution in [2.75, 3.05) is 26.7 Å². The Bertz CT molecular complexity index is 840. The van der Waals surface area contributed by atoms with E-state index in [0.29, 0.717) is 24.0 Å². The van der Waals surface area contributed by atoms with Crippen molar-refractivity contribution in [3.05, 3.63) is 57.7 Å². The zero-order valence-corrected chi connectivity index (χ0v) is 21.4. The highest BCUT2D eigenvalue weighted by molar-refractivity contribution is 5.95. The highest BCUT2D eigenvalue weighted by Gasteiger charge is 2.24. The van der Waals surface area contributed by atoms with Gasteiger partial charge in [-0.05, 0) is 101 Å². The molecule has 0 aromatic heterocycles. The number of allylic oxidation sites excluding steroid dienone is 4. The summed E-state index contributed by atoms with van der Waals surface area (Å²) >= 11 is 0. The zero-order chi connectivity index (χ0) is 24.4. The largest absolute Gasteiger partial charge is 0.462 e. The maximum atomic E-state index is 12.7. The van der Waals surface area contributed by atoms with Crippen LogP contribution >= 0.6 is 0 Å². The number of nitrogens with one attached hydrogen (secondary N) is 3. The molecule has 0 radical (unpaired) electrons. The lowest BCUT2D eigenvalue weighted by Crippen LogP contribution is -2.27. The molecule has 0 saturated carbocycles. The van der Waals surface area contributed by atoms with Gasteiger partial charge in [0.05, 0.1) is 18.0 Å². The lowest BCUT2D eigenvalue weighted by Gasteiger charge is -2.26. The first-order chi connectivity index (χ1) is 15.8. The molecule has 33 heavy (non-hydrogen) atoms. The fourth-order valence-electron chi connectivity index (χ4n) is 4.29. The smallest absolute Gasteiger partial charge is 0.338 e. The van der Waals surface area contributed by atoms with Gasteiger partial charge in [0.25, 0.3) is 0 Å². The molecule has 2 aliphatic rings. The van der Waals surface area contributed by atoms with E-state index in [1.54, 1.807) is 0 Å². The van der Waals surface area contributed by atoms with Crippen LogP contribution in [0.3, 0.4) is 0 Å². The van der Waals surface area contributed by atoms with Crippen molar-refractivity contribution in [3.63, 3.8) is 0 Å². The summed E-state index contributed by atoms with van der Waals surface area (Å²) in [5.41, 5.74) is 12.2. The molecule has 0 bridgehead atoms. The summed E-state index contributed by atoms with van der Waals surface area (Å²) in [5, 5.41) is 10.0. The van der Waals surface area contributed by atoms with Gasteiger partial charge in [0.2, 0.25) is 0 Å². The molecule has 0 aromatic carbocycles. The van der Waals surface area contributed by atoms with E-state index < -0.39 is 0 Å². The molecule has 0 amide bonds. The third-order valence-corrected chi connectivity index (χ3v) is 6.91. The zero-order valence-electron chi connectivity index (χ0n) is 21.4. The number of piperidine rings is 1. The fraction of sp³-hybridized carbons (Fsp3) is 0.593. The Hall–Kier alpha value is -2.47. The summed E-state index contributed by atoms with van der Waals surface area (Å²) in [5.74, 6) is 1.59. The molecule has 0 spiro atoms. The minimum absolute atomic E-state index is 0.251. The topological polar surface area (TPSA) is 88.4 Å². The Morgan fingerprint density at radius 1 is 1.27 bits per heavy atom. The summed E-state index contributed by atoms with van der Waals surface area (Å²) in [6.07, 6.45) is 11.3. The van der Waals surface area contributed by atoms with Crippen molar-refractivity contribution >= 4 is 5.97 Å². The van der Waals surface area contributed by atoms with E-state index in [9.17, 15) is 4.79 Å². The number of carbonyl (C=O) groups excluding carboxylic acids is 1. The number of ether oxygens (including phenoxy) is 1. The van der Waals surface area contributed by atoms with Gasteiger partial charge in [-0.3, -0.25) is 0 Å². The van der Waals surface area contributed by atoms with Crippen LogP contribution in [0.5, 0.6) is 0 Å². The molecule has 184 valence electrons. The average Bonchev–Trinajstić information content (AvgIpc) is 2.83. The van der Waals surface area contributed by atoms with E-state index >= 15 is 0 Å². The first-order valence-electron chi connectivity index (χ1n) is 12.4. The molecule has 2 aliphatic heterocycles. The SMILES string of the molecule is CCOC(=O)C1=C/C(=C/CC[C@@H](C)C(C)C/C=C(\N)NC)NC(C(C)=C2CCNCC2)=C1C. The van der Waals surface area contributed by atoms with Gasteiger partial charge in [0.1, 0.15) is 0 Å². The third kappa shape index (κ3) is 7.81. The van der Waals surface area contributed by atoms with E-state index in [1.165, 1.54) is 11.1 Å². The highest BCUT2D eigenvalue weighted by Crippen LogP contribution is 2.30. The second-order valence-corrected chi connectivity index (χ2v) is 9.22. The molecule has 0 aliphatic carbocycles. The van der Waals surface area contributed by atoms with Crippen molar-refractivity contribution in [1.82, 2.24) is 16.0 Å². The Morgan fingerprint density at radius 2 is 1.97 bits per heavy atom. The summed E-state index contributed by atoms with van der Waals surface area (Å²) in [6, 6.07) is 0. The second kappa shape index (κ2) is 13.3.